The standard InChI is InChI=1S/C20H28F3N3O3S/c1-12(2)17(18(27)26-16(25-6)11-15(24)19(3,4)5)30(28,29)14-9-7-13(8-10-14)20(21,22)23/h7-12,17H,24H2,1-6H3,(H,25,26,27). The van der Waals surface area contributed by atoms with E-state index in [4.69, 9.17) is 5.73 Å². The molecular formula is C20H28F3N3O3S. The zero-order valence-corrected chi connectivity index (χ0v) is 18.6. The van der Waals surface area contributed by atoms with Crippen LogP contribution >= 0.6 is 0 Å². The summed E-state index contributed by atoms with van der Waals surface area (Å²) in [6.45, 7) is 8.65. The molecule has 1 unspecified atom stereocenters. The first-order valence-electron chi connectivity index (χ1n) is 9.18. The molecule has 0 aliphatic rings. The molecule has 0 aromatic heterocycles. The van der Waals surface area contributed by atoms with Crippen molar-refractivity contribution in [2.75, 3.05) is 7.05 Å². The van der Waals surface area contributed by atoms with E-state index in [-0.39, 0.29) is 10.7 Å². The summed E-state index contributed by atoms with van der Waals surface area (Å²) in [7, 11) is -2.85. The van der Waals surface area contributed by atoms with Crippen molar-refractivity contribution in [3.8, 4) is 0 Å². The maximum atomic E-state index is 13.0. The molecule has 30 heavy (non-hydrogen) atoms. The van der Waals surface area contributed by atoms with Crippen LogP contribution in [0, 0.1) is 11.3 Å². The summed E-state index contributed by atoms with van der Waals surface area (Å²) in [5.41, 5.74) is 5.03. The fraction of sp³-hybridized carbons (Fsp3) is 0.500. The Kier molecular flexibility index (Phi) is 7.87. The number of hydrogen-bond donors (Lipinski definition) is 2. The first-order chi connectivity index (χ1) is 13.5. The highest BCUT2D eigenvalue weighted by atomic mass is 32.2. The molecule has 0 fully saturated rings. The van der Waals surface area contributed by atoms with Gasteiger partial charge in [0.1, 0.15) is 11.1 Å². The molecule has 0 radical (unpaired) electrons. The molecule has 0 bridgehead atoms. The topological polar surface area (TPSA) is 102 Å². The molecule has 0 spiro atoms. The largest absolute Gasteiger partial charge is 0.416 e. The number of aliphatic imine (C=N–C) groups is 1. The Balaban J connectivity index is 3.26. The molecule has 10 heteroatoms. The molecule has 1 amide bonds. The predicted octanol–water partition coefficient (Wildman–Crippen LogP) is 3.54. The number of alkyl halides is 3. The van der Waals surface area contributed by atoms with Gasteiger partial charge in [-0.05, 0) is 36.3 Å². The van der Waals surface area contributed by atoms with Crippen LogP contribution in [0.4, 0.5) is 13.2 Å². The maximum absolute atomic E-state index is 13.0. The minimum Gasteiger partial charge on any atom is -0.401 e. The molecule has 1 aromatic carbocycles. The van der Waals surface area contributed by atoms with Crippen LogP contribution in [0.2, 0.25) is 0 Å². The molecular weight excluding hydrogens is 419 g/mol. The van der Waals surface area contributed by atoms with Crippen molar-refractivity contribution in [3.63, 3.8) is 0 Å². The van der Waals surface area contributed by atoms with Gasteiger partial charge in [0.2, 0.25) is 5.91 Å². The van der Waals surface area contributed by atoms with Gasteiger partial charge in [0.25, 0.3) is 0 Å². The Morgan fingerprint density at radius 3 is 2.00 bits per heavy atom. The van der Waals surface area contributed by atoms with E-state index in [1.807, 2.05) is 20.8 Å². The summed E-state index contributed by atoms with van der Waals surface area (Å²) in [4.78, 5) is 16.4. The Labute approximate surface area is 175 Å². The number of carbonyl (C=O) groups excluding carboxylic acids is 1. The molecule has 1 aromatic rings. The van der Waals surface area contributed by atoms with Crippen molar-refractivity contribution < 1.29 is 26.4 Å². The number of nitrogens with zero attached hydrogens (tertiary/aromatic N) is 1. The minimum atomic E-state index is -4.59. The zero-order valence-electron chi connectivity index (χ0n) is 17.8. The SMILES string of the molecule is CN=C(C=C(N)C(C)(C)C)NC(=O)C(C(C)C)S(=O)(=O)c1ccc(C(F)(F)F)cc1. The number of halogens is 3. The summed E-state index contributed by atoms with van der Waals surface area (Å²) < 4.78 is 64.3. The molecule has 1 atom stereocenters. The normalized spacial score (nSPS) is 15.3. The van der Waals surface area contributed by atoms with Crippen molar-refractivity contribution in [2.45, 2.75) is 50.9 Å². The average Bonchev–Trinajstić information content (AvgIpc) is 2.58. The van der Waals surface area contributed by atoms with Crippen LogP contribution in [-0.4, -0.2) is 32.5 Å². The zero-order chi connectivity index (χ0) is 23.5. The minimum absolute atomic E-state index is 0.0840. The second-order valence-corrected chi connectivity index (χ2v) is 10.2. The van der Waals surface area contributed by atoms with Gasteiger partial charge in [0.15, 0.2) is 9.84 Å². The van der Waals surface area contributed by atoms with E-state index >= 15 is 0 Å². The Morgan fingerprint density at radius 2 is 1.63 bits per heavy atom. The lowest BCUT2D eigenvalue weighted by molar-refractivity contribution is -0.137. The van der Waals surface area contributed by atoms with Gasteiger partial charge >= 0.3 is 6.18 Å². The summed E-state index contributed by atoms with van der Waals surface area (Å²) in [5.74, 6) is -1.41. The van der Waals surface area contributed by atoms with E-state index < -0.39 is 44.1 Å². The lowest BCUT2D eigenvalue weighted by atomic mass is 9.92. The summed E-state index contributed by atoms with van der Waals surface area (Å²) in [6, 6.07) is 3.06. The van der Waals surface area contributed by atoms with Gasteiger partial charge in [-0.1, -0.05) is 34.6 Å². The highest BCUT2D eigenvalue weighted by Crippen LogP contribution is 2.31. The van der Waals surface area contributed by atoms with Crippen LogP contribution in [0.5, 0.6) is 0 Å². The number of allylic oxidation sites excluding steroid dienone is 1. The fourth-order valence-corrected chi connectivity index (χ4v) is 4.37. The van der Waals surface area contributed by atoms with Crippen LogP contribution in [-0.2, 0) is 20.8 Å². The Bertz CT molecular complexity index is 927. The number of nitrogens with two attached hydrogens (primary N) is 1. The summed E-state index contributed by atoms with van der Waals surface area (Å²) >= 11 is 0. The number of carbonyl (C=O) groups is 1. The monoisotopic (exact) mass is 447 g/mol. The number of amides is 1. The van der Waals surface area contributed by atoms with Crippen LogP contribution in [0.3, 0.4) is 0 Å². The number of amidine groups is 1. The lowest BCUT2D eigenvalue weighted by Crippen LogP contribution is -2.45. The van der Waals surface area contributed by atoms with Crippen LogP contribution in [0.25, 0.3) is 0 Å². The Morgan fingerprint density at radius 1 is 1.13 bits per heavy atom. The van der Waals surface area contributed by atoms with E-state index in [1.54, 1.807) is 0 Å². The second-order valence-electron chi connectivity index (χ2n) is 8.18. The van der Waals surface area contributed by atoms with Crippen LogP contribution < -0.4 is 11.1 Å². The van der Waals surface area contributed by atoms with E-state index in [1.165, 1.54) is 27.0 Å². The van der Waals surface area contributed by atoms with Crippen molar-refractivity contribution in [1.29, 1.82) is 0 Å². The number of benzene rings is 1. The van der Waals surface area contributed by atoms with Crippen molar-refractivity contribution >= 4 is 21.6 Å². The molecule has 168 valence electrons. The van der Waals surface area contributed by atoms with Gasteiger partial charge in [-0.2, -0.15) is 13.2 Å². The second kappa shape index (κ2) is 9.20. The van der Waals surface area contributed by atoms with Gasteiger partial charge < -0.3 is 11.1 Å². The molecule has 0 aliphatic heterocycles. The highest BCUT2D eigenvalue weighted by molar-refractivity contribution is 7.92. The van der Waals surface area contributed by atoms with Gasteiger partial charge in [-0.15, -0.1) is 0 Å². The number of hydrogen-bond acceptors (Lipinski definition) is 5. The number of nitrogens with one attached hydrogen (secondary N) is 1. The maximum Gasteiger partial charge on any atom is 0.416 e. The third-order valence-electron chi connectivity index (χ3n) is 4.36. The van der Waals surface area contributed by atoms with Gasteiger partial charge in [-0.25, -0.2) is 8.42 Å². The smallest absolute Gasteiger partial charge is 0.401 e. The molecule has 6 nitrogen and oxygen atoms in total. The molecule has 3 N–H and O–H groups in total. The van der Waals surface area contributed by atoms with Gasteiger partial charge in [0.05, 0.1) is 10.5 Å². The number of rotatable bonds is 5. The van der Waals surface area contributed by atoms with Crippen molar-refractivity contribution in [2.24, 2.45) is 22.1 Å². The van der Waals surface area contributed by atoms with Gasteiger partial charge in [0, 0.05) is 18.2 Å². The predicted molar refractivity (Wildman–Crippen MR) is 110 cm³/mol. The van der Waals surface area contributed by atoms with E-state index in [0.29, 0.717) is 17.8 Å². The average molecular weight is 448 g/mol. The third-order valence-corrected chi connectivity index (χ3v) is 6.72. The van der Waals surface area contributed by atoms with E-state index in [2.05, 4.69) is 10.3 Å². The third kappa shape index (κ3) is 6.32. The van der Waals surface area contributed by atoms with Gasteiger partial charge in [-0.3, -0.25) is 9.79 Å². The molecule has 0 saturated heterocycles. The lowest BCUT2D eigenvalue weighted by Gasteiger charge is -2.22. The molecule has 0 heterocycles. The van der Waals surface area contributed by atoms with Crippen molar-refractivity contribution in [1.82, 2.24) is 5.32 Å². The Hall–Kier alpha value is -2.36. The van der Waals surface area contributed by atoms with Crippen LogP contribution in [0.15, 0.2) is 45.9 Å². The number of sulfone groups is 1. The molecule has 0 aliphatic carbocycles. The fourth-order valence-electron chi connectivity index (χ4n) is 2.50. The summed E-state index contributed by atoms with van der Waals surface area (Å²) in [5, 5.41) is 0.926. The van der Waals surface area contributed by atoms with E-state index in [0.717, 1.165) is 12.1 Å². The van der Waals surface area contributed by atoms with E-state index in [9.17, 15) is 26.4 Å². The first-order valence-corrected chi connectivity index (χ1v) is 10.7. The first kappa shape index (κ1) is 25.7. The summed E-state index contributed by atoms with van der Waals surface area (Å²) in [6.07, 6.45) is -3.15. The highest BCUT2D eigenvalue weighted by Gasteiger charge is 2.38. The van der Waals surface area contributed by atoms with Crippen molar-refractivity contribution in [3.05, 3.63) is 41.6 Å². The quantitative estimate of drug-likeness (QED) is 0.532. The molecule has 1 rings (SSSR count). The molecule has 0 saturated carbocycles. The van der Waals surface area contributed by atoms with Crippen LogP contribution in [0.1, 0.15) is 40.2 Å².